The van der Waals surface area contributed by atoms with Crippen LogP contribution in [0, 0.1) is 0 Å². The Labute approximate surface area is 275 Å². The van der Waals surface area contributed by atoms with Crippen LogP contribution in [0.2, 0.25) is 35.2 Å². The third kappa shape index (κ3) is 4.46. The highest BCUT2D eigenvalue weighted by Gasteiger charge is 2.31. The molecule has 1 atom stereocenters. The average molecular weight is 692 g/mol. The molecule has 0 radical (unpaired) electrons. The standard InChI is InChI=1S/C32H15Cl7N2O/c33-15-9-19(34)27(20(35)10-15)30(29-23(38)13-40-14-24(29)39)28-21(36)11-16(12-22(28)37)41-25-7-3-1-5-17(25)32-31(41)18-6-2-4-8-26(18)42-32/h1-14,30H. The maximum atomic E-state index is 7.15. The van der Waals surface area contributed by atoms with Crippen LogP contribution in [0.15, 0.2) is 89.6 Å². The van der Waals surface area contributed by atoms with Crippen molar-refractivity contribution in [1.82, 2.24) is 9.55 Å². The molecule has 1 unspecified atom stereocenters. The smallest absolute Gasteiger partial charge is 0.161 e. The normalized spacial score (nSPS) is 12.5. The molecule has 4 aromatic carbocycles. The summed E-state index contributed by atoms with van der Waals surface area (Å²) >= 11 is 47.4. The van der Waals surface area contributed by atoms with Crippen molar-refractivity contribution in [1.29, 1.82) is 0 Å². The lowest BCUT2D eigenvalue weighted by Crippen LogP contribution is -2.09. The molecule has 10 heteroatoms. The van der Waals surface area contributed by atoms with Crippen molar-refractivity contribution in [2.75, 3.05) is 0 Å². The molecule has 3 aromatic heterocycles. The van der Waals surface area contributed by atoms with Gasteiger partial charge in [0.1, 0.15) is 11.1 Å². The molecule has 0 fully saturated rings. The molecule has 7 aromatic rings. The van der Waals surface area contributed by atoms with Gasteiger partial charge in [-0.25, -0.2) is 0 Å². The van der Waals surface area contributed by atoms with E-state index in [0.29, 0.717) is 51.8 Å². The van der Waals surface area contributed by atoms with Gasteiger partial charge >= 0.3 is 0 Å². The molecule has 3 heterocycles. The fourth-order valence-electron chi connectivity index (χ4n) is 5.62. The van der Waals surface area contributed by atoms with Gasteiger partial charge in [-0.2, -0.15) is 0 Å². The van der Waals surface area contributed by atoms with Gasteiger partial charge < -0.3 is 8.98 Å². The lowest BCUT2D eigenvalue weighted by Gasteiger charge is -2.26. The molecule has 0 saturated heterocycles. The highest BCUT2D eigenvalue weighted by molar-refractivity contribution is 6.41. The zero-order valence-electron chi connectivity index (χ0n) is 21.1. The molecule has 0 spiro atoms. The monoisotopic (exact) mass is 688 g/mol. The molecular weight excluding hydrogens is 677 g/mol. The number of halogens is 7. The largest absolute Gasteiger partial charge is 0.454 e. The Balaban J connectivity index is 1.53. The summed E-state index contributed by atoms with van der Waals surface area (Å²) in [5.41, 5.74) is 5.68. The van der Waals surface area contributed by atoms with E-state index in [9.17, 15) is 0 Å². The number of fused-ring (bicyclic) bond motifs is 5. The first-order valence-electron chi connectivity index (χ1n) is 12.6. The fraction of sp³-hybridized carbons (Fsp3) is 0.0312. The molecule has 0 amide bonds. The maximum Gasteiger partial charge on any atom is 0.161 e. The van der Waals surface area contributed by atoms with E-state index in [1.54, 1.807) is 12.1 Å². The second-order valence-electron chi connectivity index (χ2n) is 9.68. The van der Waals surface area contributed by atoms with Crippen LogP contribution in [0.25, 0.3) is 38.7 Å². The van der Waals surface area contributed by atoms with Crippen LogP contribution in [0.4, 0.5) is 0 Å². The second-order valence-corrected chi connectivity index (χ2v) is 12.6. The number of para-hydroxylation sites is 2. The SMILES string of the molecule is Clc1cc(Cl)c(C(c2c(Cl)cncc2Cl)c2c(Cl)cc(-n3c4ccccc4c4oc5ccccc5c43)cc2Cl)c(Cl)c1. The molecule has 0 aliphatic rings. The lowest BCUT2D eigenvalue weighted by molar-refractivity contribution is 0.673. The van der Waals surface area contributed by atoms with Crippen molar-refractivity contribution in [3.8, 4) is 5.69 Å². The summed E-state index contributed by atoms with van der Waals surface area (Å²) in [5, 5.41) is 4.23. The van der Waals surface area contributed by atoms with Gasteiger partial charge in [0.25, 0.3) is 0 Å². The van der Waals surface area contributed by atoms with Crippen molar-refractivity contribution in [3.05, 3.63) is 137 Å². The molecular formula is C32H15Cl7N2O. The van der Waals surface area contributed by atoms with Crippen LogP contribution >= 0.6 is 81.2 Å². The van der Waals surface area contributed by atoms with E-state index in [1.165, 1.54) is 12.4 Å². The van der Waals surface area contributed by atoms with Gasteiger partial charge in [0.2, 0.25) is 0 Å². The fourth-order valence-corrected chi connectivity index (χ4v) is 7.93. The molecule has 0 aliphatic heterocycles. The van der Waals surface area contributed by atoms with E-state index in [-0.39, 0.29) is 0 Å². The van der Waals surface area contributed by atoms with Crippen molar-refractivity contribution in [3.63, 3.8) is 0 Å². The summed E-state index contributed by atoms with van der Waals surface area (Å²) in [5.74, 6) is -0.740. The first kappa shape index (κ1) is 28.2. The van der Waals surface area contributed by atoms with Crippen molar-refractivity contribution < 1.29 is 4.42 Å². The molecule has 7 rings (SSSR count). The topological polar surface area (TPSA) is 31.0 Å². The van der Waals surface area contributed by atoms with E-state index in [1.807, 2.05) is 60.7 Å². The van der Waals surface area contributed by atoms with Crippen LogP contribution in [-0.2, 0) is 0 Å². The Morgan fingerprint density at radius 3 is 1.76 bits per heavy atom. The third-order valence-electron chi connectivity index (χ3n) is 7.30. The predicted molar refractivity (Wildman–Crippen MR) is 177 cm³/mol. The number of nitrogens with zero attached hydrogens (tertiary/aromatic N) is 2. The Bertz CT molecular complexity index is 2130. The maximum absolute atomic E-state index is 7.15. The Morgan fingerprint density at radius 2 is 1.12 bits per heavy atom. The van der Waals surface area contributed by atoms with Gasteiger partial charge in [0.15, 0.2) is 5.58 Å². The summed E-state index contributed by atoms with van der Waals surface area (Å²) in [6.45, 7) is 0. The highest BCUT2D eigenvalue weighted by Crippen LogP contribution is 2.50. The van der Waals surface area contributed by atoms with Gasteiger partial charge in [-0.05, 0) is 48.5 Å². The van der Waals surface area contributed by atoms with E-state index < -0.39 is 5.92 Å². The summed E-state index contributed by atoms with van der Waals surface area (Å²) in [6, 6.07) is 22.8. The zero-order chi connectivity index (χ0) is 29.3. The van der Waals surface area contributed by atoms with Crippen LogP contribution in [-0.4, -0.2) is 9.55 Å². The van der Waals surface area contributed by atoms with Crippen LogP contribution in [0.1, 0.15) is 22.6 Å². The van der Waals surface area contributed by atoms with Crippen LogP contribution < -0.4 is 0 Å². The first-order chi connectivity index (χ1) is 20.2. The number of furan rings is 1. The molecule has 0 aliphatic carbocycles. The summed E-state index contributed by atoms with van der Waals surface area (Å²) in [7, 11) is 0. The number of hydrogen-bond donors (Lipinski definition) is 0. The van der Waals surface area contributed by atoms with Crippen molar-refractivity contribution in [2.24, 2.45) is 0 Å². The quantitative estimate of drug-likeness (QED) is 0.184. The van der Waals surface area contributed by atoms with Gasteiger partial charge in [0.05, 0.1) is 15.6 Å². The summed E-state index contributed by atoms with van der Waals surface area (Å²) < 4.78 is 8.41. The van der Waals surface area contributed by atoms with E-state index in [2.05, 4.69) is 9.55 Å². The van der Waals surface area contributed by atoms with E-state index in [4.69, 9.17) is 85.6 Å². The van der Waals surface area contributed by atoms with Gasteiger partial charge in [-0.3, -0.25) is 4.98 Å². The van der Waals surface area contributed by atoms with Crippen molar-refractivity contribution in [2.45, 2.75) is 5.92 Å². The highest BCUT2D eigenvalue weighted by atomic mass is 35.5. The van der Waals surface area contributed by atoms with Gasteiger partial charge in [-0.1, -0.05) is 105 Å². The molecule has 208 valence electrons. The first-order valence-corrected chi connectivity index (χ1v) is 15.2. The number of aromatic nitrogens is 2. The summed E-state index contributed by atoms with van der Waals surface area (Å²) in [4.78, 5) is 4.11. The third-order valence-corrected chi connectivity index (χ3v) is 9.38. The minimum absolute atomic E-state index is 0.300. The number of pyridine rings is 1. The zero-order valence-corrected chi connectivity index (χ0v) is 26.4. The summed E-state index contributed by atoms with van der Waals surface area (Å²) in [6.07, 6.45) is 2.99. The minimum atomic E-state index is -0.740. The average Bonchev–Trinajstić information content (AvgIpc) is 3.46. The Kier molecular flexibility index (Phi) is 7.27. The van der Waals surface area contributed by atoms with Crippen LogP contribution in [0.5, 0.6) is 0 Å². The van der Waals surface area contributed by atoms with Gasteiger partial charge in [0, 0.05) is 76.6 Å². The van der Waals surface area contributed by atoms with Crippen molar-refractivity contribution >= 4 is 114 Å². The van der Waals surface area contributed by atoms with E-state index >= 15 is 0 Å². The molecule has 42 heavy (non-hydrogen) atoms. The number of benzene rings is 4. The Morgan fingerprint density at radius 1 is 0.595 bits per heavy atom. The number of rotatable bonds is 4. The van der Waals surface area contributed by atoms with Gasteiger partial charge in [-0.15, -0.1) is 0 Å². The second kappa shape index (κ2) is 10.8. The molecule has 0 N–H and O–H groups in total. The molecule has 0 bridgehead atoms. The Hall–Kier alpha value is -2.60. The number of hydrogen-bond acceptors (Lipinski definition) is 2. The lowest BCUT2D eigenvalue weighted by atomic mass is 9.85. The van der Waals surface area contributed by atoms with E-state index in [0.717, 1.165) is 38.7 Å². The minimum Gasteiger partial charge on any atom is -0.454 e. The molecule has 3 nitrogen and oxygen atoms in total. The van der Waals surface area contributed by atoms with Crippen LogP contribution in [0.3, 0.4) is 0 Å². The molecule has 0 saturated carbocycles. The predicted octanol–water partition coefficient (Wildman–Crippen LogP) is 12.7.